The summed E-state index contributed by atoms with van der Waals surface area (Å²) in [5.41, 5.74) is 3.60. The van der Waals surface area contributed by atoms with E-state index in [0.29, 0.717) is 17.9 Å². The molecule has 136 valence electrons. The predicted molar refractivity (Wildman–Crippen MR) is 103 cm³/mol. The van der Waals surface area contributed by atoms with Crippen LogP contribution in [0.5, 0.6) is 11.5 Å². The first kappa shape index (κ1) is 19.5. The van der Waals surface area contributed by atoms with Gasteiger partial charge in [0.25, 0.3) is 0 Å². The van der Waals surface area contributed by atoms with Crippen LogP contribution in [0.25, 0.3) is 11.1 Å². The lowest BCUT2D eigenvalue weighted by atomic mass is 10.1. The first-order valence-electron chi connectivity index (χ1n) is 8.40. The monoisotopic (exact) mass is 352 g/mol. The van der Waals surface area contributed by atoms with Crippen LogP contribution in [0.2, 0.25) is 0 Å². The summed E-state index contributed by atoms with van der Waals surface area (Å²) >= 11 is 0. The molecule has 0 saturated carbocycles. The molecule has 0 spiro atoms. The van der Waals surface area contributed by atoms with Gasteiger partial charge in [0.2, 0.25) is 0 Å². The van der Waals surface area contributed by atoms with Gasteiger partial charge in [-0.25, -0.2) is 4.79 Å². The Kier molecular flexibility index (Phi) is 7.18. The van der Waals surface area contributed by atoms with Crippen LogP contribution in [-0.4, -0.2) is 19.4 Å². The van der Waals surface area contributed by atoms with E-state index in [2.05, 4.69) is 6.58 Å². The zero-order chi connectivity index (χ0) is 18.9. The van der Waals surface area contributed by atoms with Crippen LogP contribution in [0, 0.1) is 0 Å². The third-order valence-corrected chi connectivity index (χ3v) is 3.73. The van der Waals surface area contributed by atoms with Crippen molar-refractivity contribution in [1.82, 2.24) is 0 Å². The second kappa shape index (κ2) is 9.59. The molecule has 0 amide bonds. The molecule has 0 fully saturated rings. The fraction of sp³-hybridized carbons (Fsp3) is 0.227. The lowest BCUT2D eigenvalue weighted by Gasteiger charge is -2.09. The summed E-state index contributed by atoms with van der Waals surface area (Å²) in [4.78, 5) is 11.5. The summed E-state index contributed by atoms with van der Waals surface area (Å²) in [6, 6.07) is 15.1. The molecule has 0 saturated heterocycles. The van der Waals surface area contributed by atoms with E-state index < -0.39 is 5.97 Å². The van der Waals surface area contributed by atoms with E-state index in [1.807, 2.05) is 56.3 Å². The lowest BCUT2D eigenvalue weighted by Crippen LogP contribution is -2.07. The maximum Gasteiger partial charge on any atom is 0.338 e. The molecule has 0 N–H and O–H groups in total. The number of carbonyl (C=O) groups excluding carboxylic acids is 1. The van der Waals surface area contributed by atoms with Gasteiger partial charge < -0.3 is 14.2 Å². The van der Waals surface area contributed by atoms with Gasteiger partial charge in [-0.2, -0.15) is 0 Å². The van der Waals surface area contributed by atoms with Gasteiger partial charge >= 0.3 is 5.97 Å². The Morgan fingerprint density at radius 2 is 1.50 bits per heavy atom. The number of carbonyl (C=O) groups is 1. The Morgan fingerprint density at radius 3 is 2.00 bits per heavy atom. The molecule has 2 rings (SSSR count). The quantitative estimate of drug-likeness (QED) is 0.164. The Morgan fingerprint density at radius 1 is 0.962 bits per heavy atom. The highest BCUT2D eigenvalue weighted by Gasteiger charge is 2.06. The molecule has 2 aromatic rings. The minimum absolute atomic E-state index is 0.216. The van der Waals surface area contributed by atoms with Crippen LogP contribution in [0.3, 0.4) is 0 Å². The van der Waals surface area contributed by atoms with Crippen LogP contribution in [0.4, 0.5) is 0 Å². The molecule has 0 heterocycles. The summed E-state index contributed by atoms with van der Waals surface area (Å²) in [5, 5.41) is 0. The molecule has 0 aliphatic rings. The van der Waals surface area contributed by atoms with E-state index in [1.165, 1.54) is 5.57 Å². The van der Waals surface area contributed by atoms with E-state index in [9.17, 15) is 4.79 Å². The highest BCUT2D eigenvalue weighted by molar-refractivity contribution is 5.88. The second-order valence-corrected chi connectivity index (χ2v) is 5.96. The van der Waals surface area contributed by atoms with Gasteiger partial charge in [-0.1, -0.05) is 42.5 Å². The SMILES string of the molecule is C=C(C)C(=O)Oc1ccc(-c2ccc(OCOCC(C)=CC)cc2)cc1. The maximum absolute atomic E-state index is 11.5. The molecule has 4 nitrogen and oxygen atoms in total. The normalized spacial score (nSPS) is 11.1. The first-order valence-corrected chi connectivity index (χ1v) is 8.40. The highest BCUT2D eigenvalue weighted by Crippen LogP contribution is 2.25. The number of allylic oxidation sites excluding steroid dienone is 1. The highest BCUT2D eigenvalue weighted by atomic mass is 16.7. The average Bonchev–Trinajstić information content (AvgIpc) is 2.66. The van der Waals surface area contributed by atoms with E-state index >= 15 is 0 Å². The van der Waals surface area contributed by atoms with E-state index in [-0.39, 0.29) is 6.79 Å². The minimum Gasteiger partial charge on any atom is -0.468 e. The summed E-state index contributed by atoms with van der Waals surface area (Å²) in [6.45, 7) is 9.96. The third-order valence-electron chi connectivity index (χ3n) is 3.73. The molecule has 0 aliphatic carbocycles. The van der Waals surface area contributed by atoms with E-state index in [1.54, 1.807) is 19.1 Å². The molecule has 0 unspecified atom stereocenters. The average molecular weight is 352 g/mol. The van der Waals surface area contributed by atoms with Crippen LogP contribution in [0.15, 0.2) is 72.3 Å². The van der Waals surface area contributed by atoms with Gasteiger partial charge in [0, 0.05) is 5.57 Å². The topological polar surface area (TPSA) is 44.8 Å². The summed E-state index contributed by atoms with van der Waals surface area (Å²) in [5.74, 6) is 0.820. The summed E-state index contributed by atoms with van der Waals surface area (Å²) in [7, 11) is 0. The molecular weight excluding hydrogens is 328 g/mol. The Balaban J connectivity index is 1.91. The molecule has 0 aromatic heterocycles. The Bertz CT molecular complexity index is 771. The number of esters is 1. The molecule has 0 aliphatic heterocycles. The van der Waals surface area contributed by atoms with Gasteiger partial charge in [0.05, 0.1) is 6.61 Å². The zero-order valence-electron chi connectivity index (χ0n) is 15.5. The fourth-order valence-corrected chi connectivity index (χ4v) is 2.05. The zero-order valence-corrected chi connectivity index (χ0v) is 15.5. The van der Waals surface area contributed by atoms with Crippen molar-refractivity contribution in [3.8, 4) is 22.6 Å². The predicted octanol–water partition coefficient (Wildman–Crippen LogP) is 5.15. The second-order valence-electron chi connectivity index (χ2n) is 5.96. The van der Waals surface area contributed by atoms with Gasteiger partial charge in [0.1, 0.15) is 11.5 Å². The minimum atomic E-state index is -0.425. The first-order chi connectivity index (χ1) is 12.5. The van der Waals surface area contributed by atoms with Crippen molar-refractivity contribution in [3.05, 3.63) is 72.3 Å². The number of hydrogen-bond acceptors (Lipinski definition) is 4. The third kappa shape index (κ3) is 5.90. The number of hydrogen-bond donors (Lipinski definition) is 0. The van der Waals surface area contributed by atoms with Crippen molar-refractivity contribution in [2.75, 3.05) is 13.4 Å². The molecular formula is C22H24O4. The Hall–Kier alpha value is -2.85. The lowest BCUT2D eigenvalue weighted by molar-refractivity contribution is -0.130. The van der Waals surface area contributed by atoms with E-state index in [0.717, 1.165) is 16.9 Å². The van der Waals surface area contributed by atoms with Gasteiger partial charge in [-0.15, -0.1) is 0 Å². The van der Waals surface area contributed by atoms with Crippen LogP contribution >= 0.6 is 0 Å². The Labute approximate surface area is 154 Å². The standard InChI is InChI=1S/C22H24O4/c1-5-17(4)14-24-15-25-20-10-6-18(7-11-20)19-8-12-21(13-9-19)26-22(23)16(2)3/h5-13H,2,14-15H2,1,3-4H3. The van der Waals surface area contributed by atoms with Crippen molar-refractivity contribution < 1.29 is 19.0 Å². The summed E-state index contributed by atoms with van der Waals surface area (Å²) in [6.07, 6.45) is 2.01. The molecule has 2 aromatic carbocycles. The fourth-order valence-electron chi connectivity index (χ4n) is 2.05. The van der Waals surface area contributed by atoms with Crippen LogP contribution < -0.4 is 9.47 Å². The smallest absolute Gasteiger partial charge is 0.338 e. The number of rotatable bonds is 8. The van der Waals surface area contributed by atoms with Gasteiger partial charge in [-0.05, 0) is 56.2 Å². The molecule has 0 radical (unpaired) electrons. The van der Waals surface area contributed by atoms with Crippen molar-refractivity contribution >= 4 is 5.97 Å². The van der Waals surface area contributed by atoms with Crippen molar-refractivity contribution in [3.63, 3.8) is 0 Å². The number of benzene rings is 2. The van der Waals surface area contributed by atoms with Gasteiger partial charge in [-0.3, -0.25) is 0 Å². The number of ether oxygens (including phenoxy) is 3. The summed E-state index contributed by atoms with van der Waals surface area (Å²) < 4.78 is 16.2. The largest absolute Gasteiger partial charge is 0.468 e. The van der Waals surface area contributed by atoms with Crippen LogP contribution in [-0.2, 0) is 9.53 Å². The van der Waals surface area contributed by atoms with E-state index in [4.69, 9.17) is 14.2 Å². The maximum atomic E-state index is 11.5. The van der Waals surface area contributed by atoms with Crippen molar-refractivity contribution in [2.24, 2.45) is 0 Å². The van der Waals surface area contributed by atoms with Crippen molar-refractivity contribution in [1.29, 1.82) is 0 Å². The molecule has 0 atom stereocenters. The molecule has 0 bridgehead atoms. The van der Waals surface area contributed by atoms with Gasteiger partial charge in [0.15, 0.2) is 6.79 Å². The molecule has 4 heteroatoms. The van der Waals surface area contributed by atoms with Crippen molar-refractivity contribution in [2.45, 2.75) is 20.8 Å². The van der Waals surface area contributed by atoms with Crippen LogP contribution in [0.1, 0.15) is 20.8 Å². The molecule has 26 heavy (non-hydrogen) atoms.